The summed E-state index contributed by atoms with van der Waals surface area (Å²) in [6.07, 6.45) is 0.624. The number of primary amides is 1. The molecule has 4 aromatic rings. The van der Waals surface area contributed by atoms with E-state index in [0.29, 0.717) is 42.0 Å². The number of nitrogens with zero attached hydrogens (tertiary/aromatic N) is 3. The first kappa shape index (κ1) is 27.5. The Bertz CT molecular complexity index is 1890. The van der Waals surface area contributed by atoms with Crippen LogP contribution in [0, 0.1) is 5.92 Å². The van der Waals surface area contributed by atoms with Crippen molar-refractivity contribution in [2.24, 2.45) is 18.7 Å². The van der Waals surface area contributed by atoms with Crippen molar-refractivity contribution in [2.45, 2.75) is 37.8 Å². The highest BCUT2D eigenvalue weighted by Crippen LogP contribution is 2.37. The quantitative estimate of drug-likeness (QED) is 0.341. The molecule has 2 aliphatic rings. The lowest BCUT2D eigenvalue weighted by Gasteiger charge is -2.42. The van der Waals surface area contributed by atoms with Crippen molar-refractivity contribution < 1.29 is 19.1 Å². The molecule has 0 aliphatic carbocycles. The number of aryl methyl sites for hydroxylation is 1. The van der Waals surface area contributed by atoms with Gasteiger partial charge in [-0.25, -0.2) is 0 Å². The molecule has 3 aromatic heterocycles. The number of rotatable bonds is 7. The molecule has 6 rings (SSSR count). The van der Waals surface area contributed by atoms with Crippen LogP contribution in [-0.4, -0.2) is 45.2 Å². The summed E-state index contributed by atoms with van der Waals surface area (Å²) in [6.45, 7) is 2.28. The van der Waals surface area contributed by atoms with Gasteiger partial charge in [0.15, 0.2) is 5.76 Å². The summed E-state index contributed by atoms with van der Waals surface area (Å²) < 4.78 is 14.7. The van der Waals surface area contributed by atoms with Crippen molar-refractivity contribution in [1.29, 1.82) is 0 Å². The molecule has 0 unspecified atom stereocenters. The van der Waals surface area contributed by atoms with Gasteiger partial charge >= 0.3 is 0 Å². The van der Waals surface area contributed by atoms with Crippen LogP contribution in [0.2, 0.25) is 0 Å². The van der Waals surface area contributed by atoms with Crippen LogP contribution >= 0.6 is 0 Å². The second-order valence-electron chi connectivity index (χ2n) is 11.3. The van der Waals surface area contributed by atoms with Crippen LogP contribution in [0.4, 0.5) is 0 Å². The number of methoxy groups -OCH3 is 1. The van der Waals surface area contributed by atoms with Gasteiger partial charge in [-0.15, -0.1) is 0 Å². The average molecular weight is 573 g/mol. The number of fused-ring (bicyclic) bond motifs is 5. The fourth-order valence-corrected chi connectivity index (χ4v) is 6.60. The van der Waals surface area contributed by atoms with Crippen LogP contribution in [0.25, 0.3) is 10.9 Å². The summed E-state index contributed by atoms with van der Waals surface area (Å²) in [5, 5.41) is 11.5. The number of amides is 1. The number of likely N-dealkylation sites (tertiary alicyclic amines) is 1. The summed E-state index contributed by atoms with van der Waals surface area (Å²) >= 11 is 0. The first-order chi connectivity index (χ1) is 20.1. The van der Waals surface area contributed by atoms with E-state index in [1.807, 2.05) is 10.6 Å². The van der Waals surface area contributed by atoms with E-state index in [1.54, 1.807) is 43.4 Å². The Balaban J connectivity index is 1.37. The average Bonchev–Trinajstić information content (AvgIpc) is 2.96. The minimum atomic E-state index is -1.08. The van der Waals surface area contributed by atoms with Gasteiger partial charge in [0.25, 0.3) is 11.1 Å². The molecule has 1 aromatic carbocycles. The van der Waals surface area contributed by atoms with E-state index >= 15 is 0 Å². The predicted molar refractivity (Wildman–Crippen MR) is 155 cm³/mol. The first-order valence-corrected chi connectivity index (χ1v) is 13.9. The number of piperidine rings is 1. The Morgan fingerprint density at radius 3 is 2.69 bits per heavy atom. The van der Waals surface area contributed by atoms with E-state index in [2.05, 4.69) is 4.90 Å². The van der Waals surface area contributed by atoms with Crippen LogP contribution < -0.4 is 27.0 Å². The number of carbonyl (C=O) groups excluding carboxylic acids is 1. The SMILES string of the molecule is COc1ccc2cc([C@@H](CC(N)=O)c3oc(CN4C[C@H]5C[C@@H](C4)c4cccc(=O)n4C5)cc(=O)c3O)c(=O)n(C)c2c1. The molecule has 11 nitrogen and oxygen atoms in total. The molecule has 11 heteroatoms. The molecule has 1 fully saturated rings. The Hall–Kier alpha value is -4.64. The number of pyridine rings is 2. The lowest BCUT2D eigenvalue weighted by molar-refractivity contribution is -0.118. The molecule has 0 radical (unpaired) electrons. The fourth-order valence-electron chi connectivity index (χ4n) is 6.60. The van der Waals surface area contributed by atoms with E-state index in [9.17, 15) is 24.3 Å². The highest BCUT2D eigenvalue weighted by molar-refractivity contribution is 5.82. The first-order valence-electron chi connectivity index (χ1n) is 13.9. The largest absolute Gasteiger partial charge is 0.502 e. The number of benzene rings is 1. The van der Waals surface area contributed by atoms with Crippen LogP contribution in [0.1, 0.15) is 47.5 Å². The zero-order valence-electron chi connectivity index (χ0n) is 23.4. The normalized spacial score (nSPS) is 18.9. The van der Waals surface area contributed by atoms with Crippen molar-refractivity contribution in [2.75, 3.05) is 20.2 Å². The van der Waals surface area contributed by atoms with Gasteiger partial charge in [0.05, 0.1) is 25.1 Å². The summed E-state index contributed by atoms with van der Waals surface area (Å²) in [7, 11) is 3.13. The van der Waals surface area contributed by atoms with Gasteiger partial charge in [-0.1, -0.05) is 6.07 Å². The summed E-state index contributed by atoms with van der Waals surface area (Å²) in [5.74, 6) is -1.33. The maximum absolute atomic E-state index is 13.5. The van der Waals surface area contributed by atoms with Gasteiger partial charge in [-0.2, -0.15) is 0 Å². The Morgan fingerprint density at radius 1 is 1.12 bits per heavy atom. The molecule has 1 amide bonds. The van der Waals surface area contributed by atoms with Gasteiger partial charge < -0.3 is 29.1 Å². The highest BCUT2D eigenvalue weighted by atomic mass is 16.5. The smallest absolute Gasteiger partial charge is 0.254 e. The van der Waals surface area contributed by atoms with Crippen molar-refractivity contribution in [3.8, 4) is 11.5 Å². The van der Waals surface area contributed by atoms with Crippen molar-refractivity contribution in [1.82, 2.24) is 14.0 Å². The number of ether oxygens (including phenoxy) is 1. The van der Waals surface area contributed by atoms with Crippen LogP contribution in [-0.2, 0) is 24.9 Å². The Morgan fingerprint density at radius 2 is 1.93 bits per heavy atom. The predicted octanol–water partition coefficient (Wildman–Crippen LogP) is 1.99. The Labute approximate surface area is 240 Å². The number of hydrogen-bond donors (Lipinski definition) is 2. The fraction of sp³-hybridized carbons (Fsp3) is 0.355. The number of aromatic hydroxyl groups is 1. The van der Waals surface area contributed by atoms with E-state index in [-0.39, 0.29) is 41.7 Å². The second kappa shape index (κ2) is 10.6. The monoisotopic (exact) mass is 572 g/mol. The Kier molecular flexibility index (Phi) is 6.97. The van der Waals surface area contributed by atoms with Crippen LogP contribution in [0.5, 0.6) is 11.5 Å². The van der Waals surface area contributed by atoms with E-state index in [4.69, 9.17) is 14.9 Å². The molecule has 3 atom stereocenters. The van der Waals surface area contributed by atoms with Gasteiger partial charge in [0.2, 0.25) is 17.1 Å². The molecular weight excluding hydrogens is 540 g/mol. The summed E-state index contributed by atoms with van der Waals surface area (Å²) in [6, 6.07) is 13.5. The summed E-state index contributed by atoms with van der Waals surface area (Å²) in [4.78, 5) is 53.3. The lowest BCUT2D eigenvalue weighted by Crippen LogP contribution is -2.46. The number of carbonyl (C=O) groups is 1. The van der Waals surface area contributed by atoms with Gasteiger partial charge in [0, 0.05) is 68.5 Å². The standard InChI is InChI=1S/C31H32N4O7/c1-33-25-10-20(41-2)7-6-18(25)9-23(31(33)40)22(12-27(32)37)30-29(39)26(36)11-21(42-30)16-34-13-17-8-19(15-34)24-4-3-5-28(38)35(24)14-17/h3-7,9-11,17,19,22,39H,8,12-16H2,1-2H3,(H2,32,37)/t17-,19+,22-/m1/s1. The zero-order valence-corrected chi connectivity index (χ0v) is 23.4. The third kappa shape index (κ3) is 4.89. The van der Waals surface area contributed by atoms with Crippen molar-refractivity contribution in [3.63, 3.8) is 0 Å². The molecule has 0 spiro atoms. The highest BCUT2D eigenvalue weighted by Gasteiger charge is 2.35. The number of aromatic nitrogens is 2. The third-order valence-electron chi connectivity index (χ3n) is 8.49. The minimum absolute atomic E-state index is 0.00397. The third-order valence-corrected chi connectivity index (χ3v) is 8.49. The van der Waals surface area contributed by atoms with E-state index in [1.165, 1.54) is 17.7 Å². The van der Waals surface area contributed by atoms with Crippen molar-refractivity contribution >= 4 is 16.8 Å². The van der Waals surface area contributed by atoms with E-state index in [0.717, 1.165) is 12.1 Å². The number of nitrogens with two attached hydrogens (primary N) is 1. The minimum Gasteiger partial charge on any atom is -0.502 e. The lowest BCUT2D eigenvalue weighted by atomic mass is 9.83. The van der Waals surface area contributed by atoms with Crippen molar-refractivity contribution in [3.05, 3.63) is 102 Å². The summed E-state index contributed by atoms with van der Waals surface area (Å²) in [5.41, 5.74) is 6.28. The molecular formula is C31H32N4O7. The molecule has 1 saturated heterocycles. The number of hydrogen-bond acceptors (Lipinski definition) is 8. The molecule has 0 saturated carbocycles. The molecule has 218 valence electrons. The van der Waals surface area contributed by atoms with Crippen LogP contribution in [0.15, 0.2) is 67.3 Å². The van der Waals surface area contributed by atoms with Gasteiger partial charge in [-0.05, 0) is 42.0 Å². The topological polar surface area (TPSA) is 150 Å². The molecule has 42 heavy (non-hydrogen) atoms. The van der Waals surface area contributed by atoms with Crippen LogP contribution in [0.3, 0.4) is 0 Å². The van der Waals surface area contributed by atoms with Gasteiger partial charge in [0.1, 0.15) is 11.5 Å². The zero-order chi connectivity index (χ0) is 29.7. The maximum atomic E-state index is 13.5. The molecule has 5 heterocycles. The molecule has 2 bridgehead atoms. The second-order valence-corrected chi connectivity index (χ2v) is 11.3. The molecule has 2 aliphatic heterocycles. The van der Waals surface area contributed by atoms with E-state index < -0.39 is 28.6 Å². The maximum Gasteiger partial charge on any atom is 0.254 e. The molecule has 3 N–H and O–H groups in total. The van der Waals surface area contributed by atoms with Gasteiger partial charge in [-0.3, -0.25) is 24.1 Å².